The van der Waals surface area contributed by atoms with Crippen LogP contribution in [0.4, 0.5) is 0 Å². The molecule has 1 amide bonds. The van der Waals surface area contributed by atoms with E-state index in [9.17, 15) is 14.4 Å². The molecule has 1 aromatic rings. The number of carbonyl (C=O) groups is 3. The Hall–Kier alpha value is -2.45. The summed E-state index contributed by atoms with van der Waals surface area (Å²) in [6.45, 7) is 3.69. The van der Waals surface area contributed by atoms with E-state index >= 15 is 0 Å². The number of likely N-dealkylation sites (tertiary alicyclic amines) is 1. The van der Waals surface area contributed by atoms with E-state index in [4.69, 9.17) is 14.6 Å². The van der Waals surface area contributed by atoms with Crippen molar-refractivity contribution in [2.45, 2.75) is 50.5 Å². The predicted molar refractivity (Wildman–Crippen MR) is 111 cm³/mol. The van der Waals surface area contributed by atoms with Crippen LogP contribution < -0.4 is 10.1 Å². The van der Waals surface area contributed by atoms with E-state index in [1.54, 1.807) is 6.07 Å². The van der Waals surface area contributed by atoms with Crippen molar-refractivity contribution in [2.24, 2.45) is 0 Å². The summed E-state index contributed by atoms with van der Waals surface area (Å²) in [6.07, 6.45) is 2.98. The molecule has 8 nitrogen and oxygen atoms in total. The molecule has 1 aromatic carbocycles. The van der Waals surface area contributed by atoms with Gasteiger partial charge in [0.1, 0.15) is 18.4 Å². The average Bonchev–Trinajstić information content (AvgIpc) is 2.92. The summed E-state index contributed by atoms with van der Waals surface area (Å²) in [7, 11) is 3.42. The molecule has 1 aliphatic rings. The lowest BCUT2D eigenvalue weighted by molar-refractivity contribution is -0.144. The average molecular weight is 421 g/mol. The molecule has 1 aliphatic heterocycles. The first-order valence-electron chi connectivity index (χ1n) is 10.3. The molecule has 0 aromatic heterocycles. The van der Waals surface area contributed by atoms with Crippen molar-refractivity contribution in [3.8, 4) is 5.75 Å². The van der Waals surface area contributed by atoms with Gasteiger partial charge in [-0.3, -0.25) is 14.4 Å². The number of aliphatic carboxylic acids is 1. The molecule has 8 heteroatoms. The molecule has 0 radical (unpaired) electrons. The molecular formula is C22H32N2O6. The van der Waals surface area contributed by atoms with E-state index in [0.717, 1.165) is 37.9 Å². The highest BCUT2D eigenvalue weighted by atomic mass is 16.5. The monoisotopic (exact) mass is 420 g/mol. The molecule has 2 atom stereocenters. The van der Waals surface area contributed by atoms with Gasteiger partial charge in [0, 0.05) is 19.1 Å². The molecule has 0 aliphatic carbocycles. The smallest absolute Gasteiger partial charge is 0.322 e. The lowest BCUT2D eigenvalue weighted by atomic mass is 9.74. The van der Waals surface area contributed by atoms with Gasteiger partial charge in [0.05, 0.1) is 6.42 Å². The Bertz CT molecular complexity index is 753. The Morgan fingerprint density at radius 2 is 2.07 bits per heavy atom. The third-order valence-corrected chi connectivity index (χ3v) is 5.72. The quantitative estimate of drug-likeness (QED) is 0.465. The number of ether oxygens (including phenoxy) is 2. The number of esters is 1. The van der Waals surface area contributed by atoms with E-state index in [-0.39, 0.29) is 11.8 Å². The van der Waals surface area contributed by atoms with Gasteiger partial charge < -0.3 is 24.8 Å². The molecule has 30 heavy (non-hydrogen) atoms. The molecule has 2 unspecified atom stereocenters. The van der Waals surface area contributed by atoms with Gasteiger partial charge in [0.15, 0.2) is 0 Å². The van der Waals surface area contributed by atoms with Crippen LogP contribution in [-0.2, 0) is 24.5 Å². The number of hydrogen-bond donors (Lipinski definition) is 2. The number of amides is 1. The van der Waals surface area contributed by atoms with E-state index in [1.165, 1.54) is 13.5 Å². The molecular weight excluding hydrogens is 388 g/mol. The second kappa shape index (κ2) is 11.1. The van der Waals surface area contributed by atoms with Crippen molar-refractivity contribution in [2.75, 3.05) is 33.8 Å². The van der Waals surface area contributed by atoms with Crippen molar-refractivity contribution >= 4 is 17.8 Å². The number of carboxylic acid groups (broad SMARTS) is 1. The van der Waals surface area contributed by atoms with Crippen LogP contribution in [0.2, 0.25) is 0 Å². The summed E-state index contributed by atoms with van der Waals surface area (Å²) >= 11 is 0. The van der Waals surface area contributed by atoms with Crippen molar-refractivity contribution in [3.63, 3.8) is 0 Å². The fraction of sp³-hybridized carbons (Fsp3) is 0.591. The zero-order chi connectivity index (χ0) is 22.1. The van der Waals surface area contributed by atoms with Crippen molar-refractivity contribution in [1.82, 2.24) is 10.2 Å². The number of nitrogens with zero attached hydrogens (tertiary/aromatic N) is 1. The number of methoxy groups -OCH3 is 1. The van der Waals surface area contributed by atoms with Crippen LogP contribution in [0.5, 0.6) is 5.75 Å². The zero-order valence-corrected chi connectivity index (χ0v) is 18.0. The summed E-state index contributed by atoms with van der Waals surface area (Å²) < 4.78 is 10.5. The molecule has 1 saturated heterocycles. The molecule has 0 saturated carbocycles. The highest BCUT2D eigenvalue weighted by molar-refractivity contribution is 5.88. The first kappa shape index (κ1) is 23.8. The normalized spacial score (nSPS) is 20.8. The highest BCUT2D eigenvalue weighted by Gasteiger charge is 2.33. The SMILES string of the molecule is CCC1(c2cccc(OC(=O)CC(OC)C(=O)NCC(=O)O)c2)CCCCN(C)C1. The maximum atomic E-state index is 12.4. The van der Waals surface area contributed by atoms with Gasteiger partial charge in [-0.1, -0.05) is 25.5 Å². The molecule has 2 rings (SSSR count). The Labute approximate surface area is 177 Å². The first-order valence-corrected chi connectivity index (χ1v) is 10.3. The number of nitrogens with one attached hydrogen (secondary N) is 1. The number of hydrogen-bond acceptors (Lipinski definition) is 6. The lowest BCUT2D eigenvalue weighted by Gasteiger charge is -2.35. The van der Waals surface area contributed by atoms with E-state index in [2.05, 4.69) is 30.3 Å². The summed E-state index contributed by atoms with van der Waals surface area (Å²) in [6, 6.07) is 7.59. The summed E-state index contributed by atoms with van der Waals surface area (Å²) in [5.74, 6) is -2.03. The minimum atomic E-state index is -1.17. The summed E-state index contributed by atoms with van der Waals surface area (Å²) in [5, 5.41) is 10.9. The summed E-state index contributed by atoms with van der Waals surface area (Å²) in [5.41, 5.74) is 1.16. The van der Waals surface area contributed by atoms with E-state index in [1.807, 2.05) is 12.1 Å². The second-order valence-electron chi connectivity index (χ2n) is 7.87. The molecule has 0 spiro atoms. The van der Waals surface area contributed by atoms with Gasteiger partial charge in [0.25, 0.3) is 0 Å². The molecule has 1 heterocycles. The zero-order valence-electron chi connectivity index (χ0n) is 18.0. The Kier molecular flexibility index (Phi) is 8.80. The van der Waals surface area contributed by atoms with Crippen molar-refractivity contribution < 1.29 is 29.0 Å². The van der Waals surface area contributed by atoms with E-state index < -0.39 is 30.5 Å². The van der Waals surface area contributed by atoms with Crippen LogP contribution in [0.15, 0.2) is 24.3 Å². The van der Waals surface area contributed by atoms with Crippen molar-refractivity contribution in [3.05, 3.63) is 29.8 Å². The number of benzene rings is 1. The first-order chi connectivity index (χ1) is 14.3. The molecule has 1 fully saturated rings. The van der Waals surface area contributed by atoms with Crippen LogP contribution in [0.1, 0.15) is 44.6 Å². The van der Waals surface area contributed by atoms with E-state index in [0.29, 0.717) is 5.75 Å². The number of rotatable bonds is 9. The van der Waals surface area contributed by atoms with Gasteiger partial charge in [-0.25, -0.2) is 0 Å². The maximum absolute atomic E-state index is 12.4. The van der Waals surface area contributed by atoms with Gasteiger partial charge in [-0.05, 0) is 50.6 Å². The van der Waals surface area contributed by atoms with Crippen molar-refractivity contribution in [1.29, 1.82) is 0 Å². The highest BCUT2D eigenvalue weighted by Crippen LogP contribution is 2.37. The Morgan fingerprint density at radius 1 is 1.30 bits per heavy atom. The van der Waals surface area contributed by atoms with Gasteiger partial charge in [-0.15, -0.1) is 0 Å². The summed E-state index contributed by atoms with van der Waals surface area (Å²) in [4.78, 5) is 37.3. The topological polar surface area (TPSA) is 105 Å². The van der Waals surface area contributed by atoms with Crippen LogP contribution in [-0.4, -0.2) is 67.7 Å². The fourth-order valence-electron chi connectivity index (χ4n) is 4.02. The molecule has 166 valence electrons. The molecule has 0 bridgehead atoms. The fourth-order valence-corrected chi connectivity index (χ4v) is 4.02. The largest absolute Gasteiger partial charge is 0.480 e. The second-order valence-corrected chi connectivity index (χ2v) is 7.87. The van der Waals surface area contributed by atoms with Gasteiger partial charge in [0.2, 0.25) is 5.91 Å². The lowest BCUT2D eigenvalue weighted by Crippen LogP contribution is -2.40. The maximum Gasteiger partial charge on any atom is 0.322 e. The standard InChI is InChI=1S/C22H32N2O6/c1-4-22(10-5-6-11-24(2)15-22)16-8-7-9-17(12-16)30-20(27)13-18(29-3)21(28)23-14-19(25)26/h7-9,12,18H,4-6,10-11,13-15H2,1-3H3,(H,23,28)(H,25,26). The number of carbonyl (C=O) groups excluding carboxylic acids is 2. The predicted octanol–water partition coefficient (Wildman–Crippen LogP) is 1.96. The van der Waals surface area contributed by atoms with Gasteiger partial charge >= 0.3 is 11.9 Å². The minimum absolute atomic E-state index is 0.0133. The molecule has 2 N–H and O–H groups in total. The number of carboxylic acids is 1. The van der Waals surface area contributed by atoms with Gasteiger partial charge in [-0.2, -0.15) is 0 Å². The van der Waals surface area contributed by atoms with Crippen LogP contribution >= 0.6 is 0 Å². The van der Waals surface area contributed by atoms with Crippen LogP contribution in [0.25, 0.3) is 0 Å². The van der Waals surface area contributed by atoms with Crippen LogP contribution in [0, 0.1) is 0 Å². The third kappa shape index (κ3) is 6.53. The Balaban J connectivity index is 2.07. The minimum Gasteiger partial charge on any atom is -0.480 e. The van der Waals surface area contributed by atoms with Crippen LogP contribution in [0.3, 0.4) is 0 Å². The number of likely N-dealkylation sites (N-methyl/N-ethyl adjacent to an activating group) is 1. The third-order valence-electron chi connectivity index (χ3n) is 5.72. The Morgan fingerprint density at radius 3 is 2.73 bits per heavy atom.